The van der Waals surface area contributed by atoms with Gasteiger partial charge in [0.05, 0.1) is 10.6 Å². The molecule has 10 heteroatoms. The summed E-state index contributed by atoms with van der Waals surface area (Å²) < 4.78 is 30.2. The molecule has 4 aromatic rings. The van der Waals surface area contributed by atoms with Gasteiger partial charge in [0.2, 0.25) is 11.8 Å². The number of aryl methyl sites for hydroxylation is 1. The highest BCUT2D eigenvalue weighted by atomic mass is 79.9. The fraction of sp³-hybridized carbons (Fsp3) is 0.257. The third kappa shape index (κ3) is 9.19. The van der Waals surface area contributed by atoms with Crippen LogP contribution in [0.15, 0.2) is 112 Å². The van der Waals surface area contributed by atoms with Gasteiger partial charge in [-0.25, -0.2) is 8.42 Å². The van der Waals surface area contributed by atoms with Gasteiger partial charge in [0.25, 0.3) is 10.0 Å². The lowest BCUT2D eigenvalue weighted by molar-refractivity contribution is -0.140. The zero-order valence-electron chi connectivity index (χ0n) is 25.3. The van der Waals surface area contributed by atoms with Gasteiger partial charge in [-0.15, -0.1) is 0 Å². The van der Waals surface area contributed by atoms with E-state index in [0.717, 1.165) is 32.7 Å². The van der Waals surface area contributed by atoms with Crippen molar-refractivity contribution in [3.63, 3.8) is 0 Å². The summed E-state index contributed by atoms with van der Waals surface area (Å²) in [4.78, 5) is 29.9. The number of hydrogen-bond acceptors (Lipinski definition) is 4. The predicted octanol–water partition coefficient (Wildman–Crippen LogP) is 7.16. The quantitative estimate of drug-likeness (QED) is 0.141. The number of carbonyl (C=O) groups is 2. The van der Waals surface area contributed by atoms with Crippen LogP contribution in [0.3, 0.4) is 0 Å². The molecule has 236 valence electrons. The Morgan fingerprint density at radius 2 is 1.56 bits per heavy atom. The number of benzene rings is 4. The van der Waals surface area contributed by atoms with Crippen molar-refractivity contribution in [2.75, 3.05) is 17.4 Å². The Labute approximate surface area is 279 Å². The monoisotopic (exact) mass is 709 g/mol. The van der Waals surface area contributed by atoms with Crippen LogP contribution < -0.4 is 9.62 Å². The lowest BCUT2D eigenvalue weighted by Gasteiger charge is -2.34. The summed E-state index contributed by atoms with van der Waals surface area (Å²) in [5.74, 6) is -0.826. The van der Waals surface area contributed by atoms with E-state index in [4.69, 9.17) is 11.6 Å². The molecule has 7 nitrogen and oxygen atoms in total. The minimum atomic E-state index is -4.20. The van der Waals surface area contributed by atoms with Gasteiger partial charge in [0.15, 0.2) is 0 Å². The van der Waals surface area contributed by atoms with Gasteiger partial charge in [-0.2, -0.15) is 0 Å². The lowest BCUT2D eigenvalue weighted by Crippen LogP contribution is -2.53. The van der Waals surface area contributed by atoms with Crippen molar-refractivity contribution in [2.45, 2.75) is 50.6 Å². The first kappa shape index (κ1) is 34.2. The standard InChI is InChI=1S/C35H37BrClN3O4S/c1-3-4-20-38-35(42)33(22-27-12-7-5-8-13-27)39(24-28-14-11-15-29(36)21-28)34(41)25-40(32-23-30(37)19-18-26(32)2)45(43,44)31-16-9-6-10-17-31/h5-19,21,23,33H,3-4,20,22,24-25H2,1-2H3,(H,38,42). The highest BCUT2D eigenvalue weighted by Gasteiger charge is 2.35. The molecule has 0 saturated heterocycles. The maximum Gasteiger partial charge on any atom is 0.264 e. The smallest absolute Gasteiger partial charge is 0.264 e. The minimum absolute atomic E-state index is 0.0360. The van der Waals surface area contributed by atoms with Gasteiger partial charge in [-0.05, 0) is 66.4 Å². The third-order valence-electron chi connectivity index (χ3n) is 7.39. The topological polar surface area (TPSA) is 86.8 Å². The first-order chi connectivity index (χ1) is 21.6. The van der Waals surface area contributed by atoms with Crippen molar-refractivity contribution in [1.82, 2.24) is 10.2 Å². The van der Waals surface area contributed by atoms with E-state index >= 15 is 0 Å². The van der Waals surface area contributed by atoms with Crippen LogP contribution in [0.4, 0.5) is 5.69 Å². The summed E-state index contributed by atoms with van der Waals surface area (Å²) in [6.07, 6.45) is 1.94. The van der Waals surface area contributed by atoms with Crippen LogP contribution in [-0.4, -0.2) is 44.3 Å². The molecule has 4 aromatic carbocycles. The minimum Gasteiger partial charge on any atom is -0.354 e. The summed E-state index contributed by atoms with van der Waals surface area (Å²) in [7, 11) is -4.20. The summed E-state index contributed by atoms with van der Waals surface area (Å²) in [5, 5.41) is 3.34. The predicted molar refractivity (Wildman–Crippen MR) is 184 cm³/mol. The van der Waals surface area contributed by atoms with Crippen molar-refractivity contribution in [3.05, 3.63) is 129 Å². The average molecular weight is 711 g/mol. The van der Waals surface area contributed by atoms with Crippen LogP contribution in [0.1, 0.15) is 36.5 Å². The number of halogens is 2. The number of nitrogens with one attached hydrogen (secondary N) is 1. The second-order valence-electron chi connectivity index (χ2n) is 10.8. The molecule has 1 atom stereocenters. The molecule has 0 aromatic heterocycles. The van der Waals surface area contributed by atoms with Crippen molar-refractivity contribution in [3.8, 4) is 0 Å². The number of hydrogen-bond donors (Lipinski definition) is 1. The van der Waals surface area contributed by atoms with Crippen molar-refractivity contribution in [1.29, 1.82) is 0 Å². The third-order valence-corrected chi connectivity index (χ3v) is 9.89. The lowest BCUT2D eigenvalue weighted by atomic mass is 10.0. The summed E-state index contributed by atoms with van der Waals surface area (Å²) >= 11 is 9.85. The van der Waals surface area contributed by atoms with Gasteiger partial charge >= 0.3 is 0 Å². The Balaban J connectivity index is 1.81. The highest BCUT2D eigenvalue weighted by Crippen LogP contribution is 2.30. The van der Waals surface area contributed by atoms with Crippen LogP contribution in [0.5, 0.6) is 0 Å². The van der Waals surface area contributed by atoms with Crippen LogP contribution in [0, 0.1) is 6.92 Å². The molecule has 0 aliphatic carbocycles. The Kier molecular flexibility index (Phi) is 12.2. The molecule has 4 rings (SSSR count). The van der Waals surface area contributed by atoms with E-state index < -0.39 is 28.5 Å². The zero-order chi connectivity index (χ0) is 32.4. The van der Waals surface area contributed by atoms with E-state index in [2.05, 4.69) is 21.2 Å². The van der Waals surface area contributed by atoms with E-state index in [1.807, 2.05) is 61.5 Å². The van der Waals surface area contributed by atoms with Crippen LogP contribution in [0.25, 0.3) is 0 Å². The number of rotatable bonds is 14. The molecule has 0 aliphatic rings. The van der Waals surface area contributed by atoms with E-state index in [0.29, 0.717) is 17.1 Å². The largest absolute Gasteiger partial charge is 0.354 e. The number of nitrogens with zero attached hydrogens (tertiary/aromatic N) is 2. The van der Waals surface area contributed by atoms with E-state index in [-0.39, 0.29) is 29.5 Å². The summed E-state index contributed by atoms with van der Waals surface area (Å²) in [5.41, 5.74) is 2.57. The number of amides is 2. The molecular weight excluding hydrogens is 674 g/mol. The number of anilines is 1. The molecule has 0 heterocycles. The zero-order valence-corrected chi connectivity index (χ0v) is 28.5. The summed E-state index contributed by atoms with van der Waals surface area (Å²) in [6.45, 7) is 3.82. The second kappa shape index (κ2) is 16.1. The molecule has 0 spiro atoms. The Hall–Kier alpha value is -3.66. The second-order valence-corrected chi connectivity index (χ2v) is 14.0. The summed E-state index contributed by atoms with van der Waals surface area (Å²) in [6, 6.07) is 29.0. The first-order valence-electron chi connectivity index (χ1n) is 14.8. The van der Waals surface area contributed by atoms with Crippen LogP contribution in [0.2, 0.25) is 5.02 Å². The first-order valence-corrected chi connectivity index (χ1v) is 17.4. The van der Waals surface area contributed by atoms with Crippen molar-refractivity contribution < 1.29 is 18.0 Å². The molecule has 1 N–H and O–H groups in total. The van der Waals surface area contributed by atoms with Gasteiger partial charge in [0.1, 0.15) is 12.6 Å². The molecular formula is C35H37BrClN3O4S. The molecule has 1 unspecified atom stereocenters. The number of unbranched alkanes of at least 4 members (excludes halogenated alkanes) is 1. The van der Waals surface area contributed by atoms with E-state index in [9.17, 15) is 18.0 Å². The molecule has 0 saturated carbocycles. The maximum absolute atomic E-state index is 14.6. The molecule has 0 fully saturated rings. The van der Waals surface area contributed by atoms with Gasteiger partial charge in [-0.3, -0.25) is 13.9 Å². The normalized spacial score (nSPS) is 11.9. The Morgan fingerprint density at radius 3 is 2.22 bits per heavy atom. The van der Waals surface area contributed by atoms with E-state index in [1.165, 1.54) is 17.0 Å². The van der Waals surface area contributed by atoms with Gasteiger partial charge in [-0.1, -0.05) is 108 Å². The molecule has 0 radical (unpaired) electrons. The van der Waals surface area contributed by atoms with Crippen LogP contribution in [-0.2, 0) is 32.6 Å². The van der Waals surface area contributed by atoms with Gasteiger partial charge in [0, 0.05) is 29.0 Å². The Bertz CT molecular complexity index is 1700. The average Bonchev–Trinajstić information content (AvgIpc) is 3.03. The maximum atomic E-state index is 14.6. The van der Waals surface area contributed by atoms with Gasteiger partial charge < -0.3 is 10.2 Å². The van der Waals surface area contributed by atoms with Crippen LogP contribution >= 0.6 is 27.5 Å². The number of sulfonamides is 1. The SMILES string of the molecule is CCCCNC(=O)C(Cc1ccccc1)N(Cc1cccc(Br)c1)C(=O)CN(c1cc(Cl)ccc1C)S(=O)(=O)c1ccccc1. The van der Waals surface area contributed by atoms with Crippen molar-refractivity contribution in [2.24, 2.45) is 0 Å². The molecule has 0 bridgehead atoms. The Morgan fingerprint density at radius 1 is 0.889 bits per heavy atom. The van der Waals surface area contributed by atoms with Crippen molar-refractivity contribution >= 4 is 55.1 Å². The fourth-order valence-corrected chi connectivity index (χ4v) is 7.08. The highest BCUT2D eigenvalue weighted by molar-refractivity contribution is 9.10. The fourth-order valence-electron chi connectivity index (χ4n) is 4.98. The number of carbonyl (C=O) groups excluding carboxylic acids is 2. The van der Waals surface area contributed by atoms with E-state index in [1.54, 1.807) is 43.3 Å². The molecule has 45 heavy (non-hydrogen) atoms. The molecule has 2 amide bonds. The molecule has 0 aliphatic heterocycles.